The summed E-state index contributed by atoms with van der Waals surface area (Å²) in [6, 6.07) is 12.3. The number of carbonyl (C=O) groups excluding carboxylic acids is 2. The zero-order valence-corrected chi connectivity index (χ0v) is 17.3. The highest BCUT2D eigenvalue weighted by Gasteiger charge is 2.23. The van der Waals surface area contributed by atoms with E-state index in [1.807, 2.05) is 6.07 Å². The molecule has 0 fully saturated rings. The van der Waals surface area contributed by atoms with Gasteiger partial charge in [0, 0.05) is 19.8 Å². The highest BCUT2D eigenvalue weighted by molar-refractivity contribution is 7.89. The number of hydrogen-bond donors (Lipinski definition) is 1. The normalized spacial score (nSPS) is 12.1. The van der Waals surface area contributed by atoms with E-state index >= 15 is 0 Å². The van der Waals surface area contributed by atoms with E-state index in [1.54, 1.807) is 31.2 Å². The first-order chi connectivity index (χ1) is 13.6. The third-order valence-electron chi connectivity index (χ3n) is 4.14. The molecule has 0 heterocycles. The Hall–Kier alpha value is -3.22. The van der Waals surface area contributed by atoms with Gasteiger partial charge in [0.2, 0.25) is 10.0 Å². The van der Waals surface area contributed by atoms with E-state index in [-0.39, 0.29) is 10.5 Å². The molecule has 8 nitrogen and oxygen atoms in total. The van der Waals surface area contributed by atoms with Crippen LogP contribution in [0.2, 0.25) is 0 Å². The van der Waals surface area contributed by atoms with Gasteiger partial charge < -0.3 is 10.1 Å². The molecule has 2 aromatic rings. The van der Waals surface area contributed by atoms with Crippen molar-refractivity contribution in [3.8, 4) is 6.07 Å². The number of sulfonamides is 1. The quantitative estimate of drug-likeness (QED) is 0.724. The van der Waals surface area contributed by atoms with E-state index in [1.165, 1.54) is 39.2 Å². The predicted molar refractivity (Wildman–Crippen MR) is 107 cm³/mol. The number of amides is 1. The molecule has 0 saturated carbocycles. The van der Waals surface area contributed by atoms with Gasteiger partial charge in [0.1, 0.15) is 0 Å². The van der Waals surface area contributed by atoms with Crippen LogP contribution in [0.15, 0.2) is 47.4 Å². The number of esters is 1. The second-order valence-corrected chi connectivity index (χ2v) is 8.64. The molecule has 29 heavy (non-hydrogen) atoms. The topological polar surface area (TPSA) is 117 Å². The Morgan fingerprint density at radius 3 is 2.31 bits per heavy atom. The summed E-state index contributed by atoms with van der Waals surface area (Å²) in [5.41, 5.74) is 1.48. The van der Waals surface area contributed by atoms with Crippen LogP contribution < -0.4 is 5.32 Å². The summed E-state index contributed by atoms with van der Waals surface area (Å²) in [7, 11) is -0.934. The Bertz CT molecular complexity index is 1070. The Labute approximate surface area is 169 Å². The first-order valence-corrected chi connectivity index (χ1v) is 10.1. The molecule has 0 aromatic heterocycles. The van der Waals surface area contributed by atoms with Crippen molar-refractivity contribution in [1.29, 1.82) is 5.26 Å². The van der Waals surface area contributed by atoms with Crippen molar-refractivity contribution >= 4 is 27.6 Å². The van der Waals surface area contributed by atoms with Crippen molar-refractivity contribution < 1.29 is 22.7 Å². The van der Waals surface area contributed by atoms with E-state index in [0.717, 1.165) is 4.31 Å². The Kier molecular flexibility index (Phi) is 6.74. The van der Waals surface area contributed by atoms with Crippen molar-refractivity contribution in [3.63, 3.8) is 0 Å². The SMILES string of the molecule is Cc1ccc(S(=O)(=O)N(C)C)cc1C(=O)O[C@H](C)C(=O)Nc1ccc(C#N)cc1. The maximum Gasteiger partial charge on any atom is 0.339 e. The van der Waals surface area contributed by atoms with Crippen LogP contribution in [0.3, 0.4) is 0 Å². The molecule has 0 aliphatic carbocycles. The van der Waals surface area contributed by atoms with E-state index < -0.39 is 28.0 Å². The summed E-state index contributed by atoms with van der Waals surface area (Å²) < 4.78 is 30.8. The molecule has 1 atom stereocenters. The molecule has 9 heteroatoms. The summed E-state index contributed by atoms with van der Waals surface area (Å²) in [4.78, 5) is 24.8. The second-order valence-electron chi connectivity index (χ2n) is 6.49. The summed E-state index contributed by atoms with van der Waals surface area (Å²) in [5, 5.41) is 11.4. The molecule has 0 radical (unpaired) electrons. The lowest BCUT2D eigenvalue weighted by atomic mass is 10.1. The highest BCUT2D eigenvalue weighted by atomic mass is 32.2. The monoisotopic (exact) mass is 415 g/mol. The van der Waals surface area contributed by atoms with Gasteiger partial charge in [0.25, 0.3) is 5.91 Å². The molecule has 0 aliphatic heterocycles. The summed E-state index contributed by atoms with van der Waals surface area (Å²) in [5.74, 6) is -1.36. The first-order valence-electron chi connectivity index (χ1n) is 8.61. The summed E-state index contributed by atoms with van der Waals surface area (Å²) >= 11 is 0. The van der Waals surface area contributed by atoms with E-state index in [2.05, 4.69) is 5.32 Å². The molecule has 152 valence electrons. The van der Waals surface area contributed by atoms with Crippen LogP contribution in [-0.2, 0) is 19.6 Å². The fraction of sp³-hybridized carbons (Fsp3) is 0.250. The number of hydrogen-bond acceptors (Lipinski definition) is 6. The van der Waals surface area contributed by atoms with Gasteiger partial charge in [-0.1, -0.05) is 6.07 Å². The standard InChI is InChI=1S/C20H21N3O5S/c1-13-5-10-17(29(26,27)23(3)4)11-18(13)20(25)28-14(2)19(24)22-16-8-6-15(12-21)7-9-16/h5-11,14H,1-4H3,(H,22,24)/t14-/m1/s1. The zero-order chi connectivity index (χ0) is 21.8. The van der Waals surface area contributed by atoms with Gasteiger partial charge in [-0.15, -0.1) is 0 Å². The van der Waals surface area contributed by atoms with Gasteiger partial charge in [0.15, 0.2) is 6.10 Å². The number of rotatable bonds is 6. The van der Waals surface area contributed by atoms with Gasteiger partial charge in [-0.2, -0.15) is 5.26 Å². The number of benzene rings is 2. The zero-order valence-electron chi connectivity index (χ0n) is 16.5. The lowest BCUT2D eigenvalue weighted by Crippen LogP contribution is -2.30. The van der Waals surface area contributed by atoms with Crippen LogP contribution in [0.1, 0.15) is 28.4 Å². The maximum atomic E-state index is 12.5. The number of anilines is 1. The second kappa shape index (κ2) is 8.86. The van der Waals surface area contributed by atoms with Crippen LogP contribution in [0.5, 0.6) is 0 Å². The number of ether oxygens (including phenoxy) is 1. The molecule has 0 bridgehead atoms. The molecule has 0 saturated heterocycles. The Balaban J connectivity index is 2.14. The Morgan fingerprint density at radius 2 is 1.76 bits per heavy atom. The van der Waals surface area contributed by atoms with Gasteiger partial charge >= 0.3 is 5.97 Å². The predicted octanol–water partition coefficient (Wildman–Crippen LogP) is 2.30. The number of nitrogens with zero attached hydrogens (tertiary/aromatic N) is 2. The number of carbonyl (C=O) groups is 2. The minimum absolute atomic E-state index is 0.0465. The smallest absolute Gasteiger partial charge is 0.339 e. The van der Waals surface area contributed by atoms with Crippen LogP contribution in [0.4, 0.5) is 5.69 Å². The minimum atomic E-state index is -3.72. The molecular formula is C20H21N3O5S. The molecule has 0 aliphatic rings. The fourth-order valence-electron chi connectivity index (χ4n) is 2.34. The van der Waals surface area contributed by atoms with Crippen LogP contribution in [-0.4, -0.2) is 44.8 Å². The molecule has 1 N–H and O–H groups in total. The van der Waals surface area contributed by atoms with Crippen LogP contribution in [0.25, 0.3) is 0 Å². The van der Waals surface area contributed by atoms with Crippen LogP contribution >= 0.6 is 0 Å². The van der Waals surface area contributed by atoms with E-state index in [4.69, 9.17) is 10.00 Å². The molecule has 2 rings (SSSR count). The molecule has 1 amide bonds. The third-order valence-corrected chi connectivity index (χ3v) is 5.95. The molecular weight excluding hydrogens is 394 g/mol. The van der Waals surface area contributed by atoms with Crippen molar-refractivity contribution in [2.45, 2.75) is 24.8 Å². The average molecular weight is 415 g/mol. The van der Waals surface area contributed by atoms with Gasteiger partial charge in [0.05, 0.1) is 22.1 Å². The third kappa shape index (κ3) is 5.19. The van der Waals surface area contributed by atoms with E-state index in [9.17, 15) is 18.0 Å². The summed E-state index contributed by atoms with van der Waals surface area (Å²) in [6.07, 6.45) is -1.12. The number of aryl methyl sites for hydroxylation is 1. The fourth-order valence-corrected chi connectivity index (χ4v) is 3.27. The minimum Gasteiger partial charge on any atom is -0.449 e. The van der Waals surface area contributed by atoms with Crippen LogP contribution in [0, 0.1) is 18.3 Å². The average Bonchev–Trinajstić information content (AvgIpc) is 2.68. The lowest BCUT2D eigenvalue weighted by Gasteiger charge is -2.16. The van der Waals surface area contributed by atoms with Crippen molar-refractivity contribution in [2.24, 2.45) is 0 Å². The van der Waals surface area contributed by atoms with Crippen molar-refractivity contribution in [1.82, 2.24) is 4.31 Å². The highest BCUT2D eigenvalue weighted by Crippen LogP contribution is 2.19. The van der Waals surface area contributed by atoms with Crippen molar-refractivity contribution in [3.05, 3.63) is 59.2 Å². The molecule has 2 aromatic carbocycles. The molecule has 0 unspecified atom stereocenters. The lowest BCUT2D eigenvalue weighted by molar-refractivity contribution is -0.123. The van der Waals surface area contributed by atoms with Gasteiger partial charge in [-0.3, -0.25) is 4.79 Å². The largest absolute Gasteiger partial charge is 0.449 e. The maximum absolute atomic E-state index is 12.5. The Morgan fingerprint density at radius 1 is 1.14 bits per heavy atom. The number of nitriles is 1. The van der Waals surface area contributed by atoms with E-state index in [0.29, 0.717) is 16.8 Å². The van der Waals surface area contributed by atoms with Crippen molar-refractivity contribution in [2.75, 3.05) is 19.4 Å². The van der Waals surface area contributed by atoms with Gasteiger partial charge in [-0.25, -0.2) is 17.5 Å². The summed E-state index contributed by atoms with van der Waals surface area (Å²) in [6.45, 7) is 3.05. The first kappa shape index (κ1) is 22.1. The molecule has 0 spiro atoms. The number of nitrogens with one attached hydrogen (secondary N) is 1. The van der Waals surface area contributed by atoms with Gasteiger partial charge in [-0.05, 0) is 55.8 Å².